The highest BCUT2D eigenvalue weighted by molar-refractivity contribution is 9.09. The van der Waals surface area contributed by atoms with Crippen LogP contribution in [0.25, 0.3) is 0 Å². The number of rotatable bonds is 16. The zero-order chi connectivity index (χ0) is 23.6. The second kappa shape index (κ2) is 18.0. The Kier molecular flexibility index (Phi) is 17.8. The minimum atomic E-state index is -4.27. The van der Waals surface area contributed by atoms with Gasteiger partial charge in [0.2, 0.25) is 0 Å². The normalized spacial score (nSPS) is 13.4. The summed E-state index contributed by atoms with van der Waals surface area (Å²) in [6.07, 6.45) is 13.9. The molecule has 0 heterocycles. The molecule has 0 saturated carbocycles. The van der Waals surface area contributed by atoms with Gasteiger partial charge in [-0.15, -0.1) is 0 Å². The van der Waals surface area contributed by atoms with E-state index in [0.717, 1.165) is 5.56 Å². The molecule has 6 heteroatoms. The number of hydrogen-bond acceptors (Lipinski definition) is 3. The first-order valence-corrected chi connectivity index (χ1v) is 14.7. The molecule has 31 heavy (non-hydrogen) atoms. The fourth-order valence-corrected chi connectivity index (χ4v) is 4.56. The fourth-order valence-electron chi connectivity index (χ4n) is 3.84. The average Bonchev–Trinajstić information content (AvgIpc) is 2.74. The summed E-state index contributed by atoms with van der Waals surface area (Å²) in [6.45, 7) is 14.4. The molecule has 1 aromatic carbocycles. The van der Waals surface area contributed by atoms with Crippen molar-refractivity contribution < 1.29 is 17.5 Å². The molecular formula is C25H46BrNO3S. The standard InChI is InChI=1S/C18H39BrN.C7H8O3S/c1-4-7-10-12-17-20(15-9-6-3,18-13-14-19)16-11-8-5-2;1-6-2-4-7(5-3-6)11(8,9)10/h4-18H2,1-3H3;2-5H,1H3,(H,8,9,10)/q+1;/p-1. The third-order valence-corrected chi connectivity index (χ3v) is 7.19. The van der Waals surface area contributed by atoms with E-state index in [4.69, 9.17) is 0 Å². The largest absolute Gasteiger partial charge is 0.744 e. The van der Waals surface area contributed by atoms with Crippen LogP contribution >= 0.6 is 15.9 Å². The van der Waals surface area contributed by atoms with E-state index in [-0.39, 0.29) is 4.90 Å². The van der Waals surface area contributed by atoms with Gasteiger partial charge in [-0.2, -0.15) is 0 Å². The second-order valence-electron chi connectivity index (χ2n) is 8.67. The highest BCUT2D eigenvalue weighted by Gasteiger charge is 2.25. The van der Waals surface area contributed by atoms with E-state index in [0.29, 0.717) is 0 Å². The van der Waals surface area contributed by atoms with E-state index in [1.807, 2.05) is 6.92 Å². The molecule has 0 radical (unpaired) electrons. The van der Waals surface area contributed by atoms with Gasteiger partial charge < -0.3 is 9.04 Å². The van der Waals surface area contributed by atoms with Crippen LogP contribution in [0.4, 0.5) is 0 Å². The molecule has 1 rings (SSSR count). The molecule has 1 unspecified atom stereocenters. The van der Waals surface area contributed by atoms with Crippen LogP contribution in [0.2, 0.25) is 0 Å². The summed E-state index contributed by atoms with van der Waals surface area (Å²) in [5.41, 5.74) is 0.928. The van der Waals surface area contributed by atoms with E-state index < -0.39 is 10.1 Å². The lowest BCUT2D eigenvalue weighted by atomic mass is 10.1. The third kappa shape index (κ3) is 15.1. The number of unbranched alkanes of at least 4 members (excludes halogenated alkanes) is 6. The quantitative estimate of drug-likeness (QED) is 0.101. The summed E-state index contributed by atoms with van der Waals surface area (Å²) in [5, 5.41) is 1.17. The lowest BCUT2D eigenvalue weighted by Crippen LogP contribution is -2.51. The zero-order valence-electron chi connectivity index (χ0n) is 20.4. The van der Waals surface area contributed by atoms with Crippen LogP contribution in [-0.4, -0.2) is 49.0 Å². The highest BCUT2D eigenvalue weighted by Crippen LogP contribution is 2.17. The van der Waals surface area contributed by atoms with Crippen molar-refractivity contribution in [1.29, 1.82) is 0 Å². The Morgan fingerprint density at radius 3 is 1.68 bits per heavy atom. The maximum Gasteiger partial charge on any atom is 0.124 e. The minimum absolute atomic E-state index is 0.178. The maximum atomic E-state index is 10.4. The molecule has 0 aromatic heterocycles. The number of nitrogens with zero attached hydrogens (tertiary/aromatic N) is 1. The van der Waals surface area contributed by atoms with Gasteiger partial charge in [-0.3, -0.25) is 0 Å². The number of halogens is 1. The van der Waals surface area contributed by atoms with Crippen molar-refractivity contribution in [3.05, 3.63) is 29.8 Å². The van der Waals surface area contributed by atoms with Crippen LogP contribution < -0.4 is 0 Å². The monoisotopic (exact) mass is 519 g/mol. The van der Waals surface area contributed by atoms with E-state index in [2.05, 4.69) is 36.7 Å². The van der Waals surface area contributed by atoms with Crippen LogP contribution in [0.1, 0.15) is 90.5 Å². The van der Waals surface area contributed by atoms with Crippen molar-refractivity contribution in [3.8, 4) is 0 Å². The first-order valence-electron chi connectivity index (χ1n) is 12.2. The van der Waals surface area contributed by atoms with Crippen LogP contribution in [-0.2, 0) is 10.1 Å². The molecule has 0 aliphatic heterocycles. The van der Waals surface area contributed by atoms with Crippen LogP contribution in [0.5, 0.6) is 0 Å². The van der Waals surface area contributed by atoms with Crippen molar-refractivity contribution in [3.63, 3.8) is 0 Å². The van der Waals surface area contributed by atoms with Crippen molar-refractivity contribution in [2.24, 2.45) is 0 Å². The first-order chi connectivity index (χ1) is 14.7. The SMILES string of the molecule is CCCCCC[N+](CCCC)(CCCBr)CCCCC.Cc1ccc(S(=O)(=O)[O-])cc1. The van der Waals surface area contributed by atoms with E-state index >= 15 is 0 Å². The number of quaternary nitrogens is 1. The zero-order valence-corrected chi connectivity index (χ0v) is 22.8. The summed E-state index contributed by atoms with van der Waals surface area (Å²) < 4.78 is 32.6. The van der Waals surface area contributed by atoms with Gasteiger partial charge in [0, 0.05) is 11.8 Å². The van der Waals surface area contributed by atoms with Gasteiger partial charge in [-0.05, 0) is 51.2 Å². The summed E-state index contributed by atoms with van der Waals surface area (Å²) >= 11 is 3.64. The molecule has 0 amide bonds. The molecule has 4 nitrogen and oxygen atoms in total. The molecule has 182 valence electrons. The Hall–Kier alpha value is -0.430. The molecule has 0 spiro atoms. The third-order valence-electron chi connectivity index (χ3n) is 5.78. The molecule has 0 fully saturated rings. The summed E-state index contributed by atoms with van der Waals surface area (Å²) in [4.78, 5) is -0.178. The van der Waals surface area contributed by atoms with Gasteiger partial charge in [0.05, 0.1) is 31.1 Å². The van der Waals surface area contributed by atoms with Gasteiger partial charge in [-0.1, -0.05) is 80.1 Å². The van der Waals surface area contributed by atoms with Crippen molar-refractivity contribution in [1.82, 2.24) is 0 Å². The Balaban J connectivity index is 0.000000683. The molecule has 1 atom stereocenters. The predicted molar refractivity (Wildman–Crippen MR) is 136 cm³/mol. The smallest absolute Gasteiger partial charge is 0.124 e. The molecule has 0 saturated heterocycles. The summed E-state index contributed by atoms with van der Waals surface area (Å²) in [5.74, 6) is 0. The number of alkyl halides is 1. The fraction of sp³-hybridized carbons (Fsp3) is 0.760. The van der Waals surface area contributed by atoms with Crippen molar-refractivity contribution in [2.45, 2.75) is 96.8 Å². The average molecular weight is 521 g/mol. The van der Waals surface area contributed by atoms with Crippen LogP contribution in [0.3, 0.4) is 0 Å². The maximum absolute atomic E-state index is 10.4. The second-order valence-corrected chi connectivity index (χ2v) is 10.8. The van der Waals surface area contributed by atoms with Crippen molar-refractivity contribution in [2.75, 3.05) is 31.5 Å². The first kappa shape index (κ1) is 30.6. The molecular weight excluding hydrogens is 474 g/mol. The lowest BCUT2D eigenvalue weighted by molar-refractivity contribution is -0.928. The van der Waals surface area contributed by atoms with Gasteiger partial charge in [0.25, 0.3) is 0 Å². The van der Waals surface area contributed by atoms with Gasteiger partial charge >= 0.3 is 0 Å². The Bertz CT molecular complexity index is 639. The van der Waals surface area contributed by atoms with Crippen molar-refractivity contribution >= 4 is 26.0 Å². The Morgan fingerprint density at radius 2 is 1.19 bits per heavy atom. The van der Waals surface area contributed by atoms with Gasteiger partial charge in [0.15, 0.2) is 0 Å². The highest BCUT2D eigenvalue weighted by atomic mass is 79.9. The molecule has 0 aliphatic carbocycles. The summed E-state index contributed by atoms with van der Waals surface area (Å²) in [6, 6.07) is 5.78. The molecule has 1 aromatic rings. The van der Waals surface area contributed by atoms with Gasteiger partial charge in [-0.25, -0.2) is 8.42 Å². The minimum Gasteiger partial charge on any atom is -0.744 e. The molecule has 0 N–H and O–H groups in total. The van der Waals surface area contributed by atoms with E-state index in [9.17, 15) is 13.0 Å². The summed E-state index contributed by atoms with van der Waals surface area (Å²) in [7, 11) is -4.27. The Labute approximate surface area is 201 Å². The topological polar surface area (TPSA) is 57.2 Å². The number of benzene rings is 1. The number of hydrogen-bond donors (Lipinski definition) is 0. The lowest BCUT2D eigenvalue weighted by Gasteiger charge is -2.39. The van der Waals surface area contributed by atoms with Crippen LogP contribution in [0.15, 0.2) is 29.2 Å². The van der Waals surface area contributed by atoms with Gasteiger partial charge in [0.1, 0.15) is 10.1 Å². The van der Waals surface area contributed by atoms with E-state index in [1.165, 1.54) is 112 Å². The number of aryl methyl sites for hydroxylation is 1. The van der Waals surface area contributed by atoms with E-state index in [1.54, 1.807) is 12.1 Å². The van der Waals surface area contributed by atoms with Crippen LogP contribution in [0, 0.1) is 6.92 Å². The predicted octanol–water partition coefficient (Wildman–Crippen LogP) is 7.06. The molecule has 0 aliphatic rings. The molecule has 0 bridgehead atoms. The Morgan fingerprint density at radius 1 is 0.742 bits per heavy atom.